The van der Waals surface area contributed by atoms with Gasteiger partial charge < -0.3 is 13.6 Å². The Labute approximate surface area is 551 Å². The summed E-state index contributed by atoms with van der Waals surface area (Å²) in [6.45, 7) is 6.94. The van der Waals surface area contributed by atoms with E-state index in [1.54, 1.807) is 0 Å². The van der Waals surface area contributed by atoms with Gasteiger partial charge in [-0.2, -0.15) is 0 Å². The van der Waals surface area contributed by atoms with Crippen molar-refractivity contribution >= 4 is 8.60 Å². The molecule has 0 radical (unpaired) electrons. The molecule has 0 bridgehead atoms. The van der Waals surface area contributed by atoms with E-state index < -0.39 is 8.60 Å². The normalized spacial score (nSPS) is 11.6. The van der Waals surface area contributed by atoms with Crippen molar-refractivity contribution in [2.75, 3.05) is 0 Å². The topological polar surface area (TPSA) is 27.7 Å². The molecule has 0 saturated carbocycles. The molecule has 0 atom stereocenters. The van der Waals surface area contributed by atoms with Crippen LogP contribution in [0.1, 0.15) is 423 Å². The molecule has 0 N–H and O–H groups in total. The third-order valence-electron chi connectivity index (χ3n) is 19.3. The van der Waals surface area contributed by atoms with Crippen LogP contribution in [0.25, 0.3) is 0 Å². The molecular weight excluding hydrogens is 1090 g/mol. The first kappa shape index (κ1) is 79.7. The predicted octanol–water partition coefficient (Wildman–Crippen LogP) is 30.5. The van der Waals surface area contributed by atoms with Crippen LogP contribution in [0.5, 0.6) is 17.2 Å². The highest BCUT2D eigenvalue weighted by Crippen LogP contribution is 2.45. The van der Waals surface area contributed by atoms with Crippen LogP contribution in [0.2, 0.25) is 0 Å². The van der Waals surface area contributed by atoms with Crippen LogP contribution < -0.4 is 13.6 Å². The molecule has 0 aromatic heterocycles. The highest BCUT2D eigenvalue weighted by molar-refractivity contribution is 7.43. The van der Waals surface area contributed by atoms with E-state index in [1.165, 1.54) is 402 Å². The second-order valence-corrected chi connectivity index (χ2v) is 28.7. The zero-order valence-electron chi connectivity index (χ0n) is 59.1. The number of unbranched alkanes of at least 4 members (excludes halogenated alkanes) is 57. The van der Waals surface area contributed by atoms with Crippen LogP contribution in [-0.4, -0.2) is 0 Å². The van der Waals surface area contributed by atoms with Gasteiger partial charge in [-0.3, -0.25) is 0 Å². The van der Waals surface area contributed by atoms with Crippen molar-refractivity contribution in [3.8, 4) is 17.2 Å². The first-order valence-corrected chi connectivity index (χ1v) is 40.9. The molecule has 3 rings (SSSR count). The van der Waals surface area contributed by atoms with Crippen molar-refractivity contribution in [3.63, 3.8) is 0 Å². The first-order valence-electron chi connectivity index (χ1n) is 39.8. The molecule has 0 saturated heterocycles. The summed E-state index contributed by atoms with van der Waals surface area (Å²) >= 11 is 0. The lowest BCUT2D eigenvalue weighted by atomic mass is 10.0. The minimum atomic E-state index is -1.76. The summed E-state index contributed by atoms with van der Waals surface area (Å²) in [5.74, 6) is 2.72. The number of hydrogen-bond acceptors (Lipinski definition) is 3. The van der Waals surface area contributed by atoms with Gasteiger partial charge in [0, 0.05) is 0 Å². The van der Waals surface area contributed by atoms with Gasteiger partial charge in [0.05, 0.1) is 0 Å². The Morgan fingerprint density at radius 3 is 0.477 bits per heavy atom. The fourth-order valence-corrected chi connectivity index (χ4v) is 14.5. The van der Waals surface area contributed by atoms with Gasteiger partial charge in [-0.1, -0.05) is 441 Å². The molecule has 0 aliphatic heterocycles. The summed E-state index contributed by atoms with van der Waals surface area (Å²) < 4.78 is 20.9. The van der Waals surface area contributed by atoms with Gasteiger partial charge in [0.25, 0.3) is 0 Å². The molecular formula is C84H147O3P. The molecule has 0 unspecified atom stereocenters. The Morgan fingerprint density at radius 2 is 0.318 bits per heavy atom. The summed E-state index contributed by atoms with van der Waals surface area (Å²) in [6, 6.07) is 26.1. The van der Waals surface area contributed by atoms with Gasteiger partial charge in [0.1, 0.15) is 17.2 Å². The first-order chi connectivity index (χ1) is 43.7. The molecule has 3 aromatic rings. The summed E-state index contributed by atoms with van der Waals surface area (Å²) in [7, 11) is -1.76. The van der Waals surface area contributed by atoms with Gasteiger partial charge >= 0.3 is 8.60 Å². The monoisotopic (exact) mass is 1240 g/mol. The van der Waals surface area contributed by atoms with E-state index in [-0.39, 0.29) is 0 Å². The molecule has 0 heterocycles. The largest absolute Gasteiger partial charge is 0.530 e. The maximum Gasteiger partial charge on any atom is 0.530 e. The lowest BCUT2D eigenvalue weighted by Crippen LogP contribution is -2.06. The Bertz CT molecular complexity index is 1660. The van der Waals surface area contributed by atoms with Crippen molar-refractivity contribution in [2.45, 2.75) is 425 Å². The molecule has 3 aromatic carbocycles. The van der Waals surface area contributed by atoms with Crippen LogP contribution in [0, 0.1) is 0 Å². The average Bonchev–Trinajstić information content (AvgIpc) is 3.46. The maximum absolute atomic E-state index is 6.97. The highest BCUT2D eigenvalue weighted by Gasteiger charge is 2.24. The lowest BCUT2D eigenvalue weighted by Gasteiger charge is -2.22. The molecule has 88 heavy (non-hydrogen) atoms. The molecule has 0 spiro atoms. The van der Waals surface area contributed by atoms with E-state index in [9.17, 15) is 0 Å². The molecule has 506 valence electrons. The number of para-hydroxylation sites is 3. The second kappa shape index (κ2) is 63.3. The smallest absolute Gasteiger partial charge is 0.408 e. The fraction of sp³-hybridized carbons (Fsp3) is 0.786. The second-order valence-electron chi connectivity index (χ2n) is 27.7. The standard InChI is InChI=1S/C84H147O3P/c1-4-7-10-13-16-19-22-25-28-31-34-37-40-43-46-49-52-55-58-61-70-79-73-64-67-76-82(79)85-88(86-83-77-68-65-74-80(83)71-62-59-56-53-50-47-44-41-38-35-32-29-26-23-20-17-14-11-8-5-2)87-84-78-69-66-75-81(84)72-63-60-57-54-51-48-45-42-39-36-33-30-27-24-21-18-15-12-9-6-3/h64-69,73-78H,4-63,70-72H2,1-3H3. The lowest BCUT2D eigenvalue weighted by molar-refractivity contribution is 0.382. The third kappa shape index (κ3) is 48.3. The summed E-state index contributed by atoms with van der Waals surface area (Å²) in [5, 5.41) is 0. The summed E-state index contributed by atoms with van der Waals surface area (Å²) in [6.07, 6.45) is 87.4. The van der Waals surface area contributed by atoms with Gasteiger partial charge in [0.2, 0.25) is 0 Å². The van der Waals surface area contributed by atoms with E-state index in [1.807, 2.05) is 0 Å². The minimum Gasteiger partial charge on any atom is -0.408 e. The molecule has 3 nitrogen and oxygen atoms in total. The summed E-state index contributed by atoms with van der Waals surface area (Å²) in [4.78, 5) is 0. The zero-order valence-corrected chi connectivity index (χ0v) is 60.0. The zero-order chi connectivity index (χ0) is 62.2. The predicted molar refractivity (Wildman–Crippen MR) is 393 cm³/mol. The van der Waals surface area contributed by atoms with E-state index >= 15 is 0 Å². The van der Waals surface area contributed by atoms with Crippen molar-refractivity contribution < 1.29 is 13.6 Å². The highest BCUT2D eigenvalue weighted by atomic mass is 31.2. The number of benzene rings is 3. The quantitative estimate of drug-likeness (QED) is 0.0416. The average molecular weight is 1240 g/mol. The molecule has 0 aliphatic rings. The maximum atomic E-state index is 6.97. The number of aryl methyl sites for hydroxylation is 3. The Balaban J connectivity index is 1.41. The van der Waals surface area contributed by atoms with Crippen LogP contribution in [0.4, 0.5) is 0 Å². The fourth-order valence-electron chi connectivity index (χ4n) is 13.4. The van der Waals surface area contributed by atoms with Crippen LogP contribution in [-0.2, 0) is 19.3 Å². The Kier molecular flexibility index (Phi) is 57.3. The summed E-state index contributed by atoms with van der Waals surface area (Å²) in [5.41, 5.74) is 3.79. The minimum absolute atomic E-state index is 0.907. The van der Waals surface area contributed by atoms with Gasteiger partial charge in [-0.25, -0.2) is 0 Å². The van der Waals surface area contributed by atoms with Gasteiger partial charge in [0.15, 0.2) is 0 Å². The van der Waals surface area contributed by atoms with Crippen LogP contribution in [0.15, 0.2) is 72.8 Å². The SMILES string of the molecule is CCCCCCCCCCCCCCCCCCCCCCc1ccccc1OP(Oc1ccccc1CCCCCCCCCCCCCCCCCCCCCC)Oc1ccccc1CCCCCCCCCCCCCCCCCCCCCC. The van der Waals surface area contributed by atoms with E-state index in [0.29, 0.717) is 0 Å². The van der Waals surface area contributed by atoms with E-state index in [2.05, 4.69) is 93.6 Å². The van der Waals surface area contributed by atoms with Crippen molar-refractivity contribution in [3.05, 3.63) is 89.5 Å². The molecule has 0 aliphatic carbocycles. The van der Waals surface area contributed by atoms with E-state index in [0.717, 1.165) is 36.5 Å². The number of hydrogen-bond donors (Lipinski definition) is 0. The van der Waals surface area contributed by atoms with Crippen molar-refractivity contribution in [1.29, 1.82) is 0 Å². The molecule has 0 fully saturated rings. The van der Waals surface area contributed by atoms with Crippen molar-refractivity contribution in [1.82, 2.24) is 0 Å². The number of rotatable bonds is 69. The van der Waals surface area contributed by atoms with Crippen LogP contribution >= 0.6 is 8.60 Å². The van der Waals surface area contributed by atoms with Crippen molar-refractivity contribution in [2.24, 2.45) is 0 Å². The van der Waals surface area contributed by atoms with Crippen LogP contribution in [0.3, 0.4) is 0 Å². The molecule has 4 heteroatoms. The Morgan fingerprint density at radius 1 is 0.182 bits per heavy atom. The molecule has 0 amide bonds. The van der Waals surface area contributed by atoms with Gasteiger partial charge in [-0.15, -0.1) is 0 Å². The Hall–Kier alpha value is -2.51. The van der Waals surface area contributed by atoms with Gasteiger partial charge in [-0.05, 0) is 73.4 Å². The van der Waals surface area contributed by atoms with E-state index in [4.69, 9.17) is 13.6 Å². The third-order valence-corrected chi connectivity index (χ3v) is 20.4.